The molecule has 0 radical (unpaired) electrons. The molecule has 1 aliphatic rings. The lowest BCUT2D eigenvalue weighted by molar-refractivity contribution is 0.0940. The standard InChI is InChI=1S/C15H19Br2NO/c1-10-3-2-4-11(7-10)9-18-15(19)13-8-12(16)5-6-14(13)17/h5-6,8,10-11H,2-4,7,9H2,1H3,(H,18,19). The first-order valence-electron chi connectivity index (χ1n) is 6.79. The van der Waals surface area contributed by atoms with Gasteiger partial charge < -0.3 is 5.32 Å². The molecule has 1 aromatic rings. The van der Waals surface area contributed by atoms with Crippen molar-refractivity contribution in [1.29, 1.82) is 0 Å². The predicted octanol–water partition coefficient (Wildman–Crippen LogP) is 4.77. The summed E-state index contributed by atoms with van der Waals surface area (Å²) in [7, 11) is 0. The Hall–Kier alpha value is -0.350. The first kappa shape index (κ1) is 15.0. The van der Waals surface area contributed by atoms with Gasteiger partial charge in [0.25, 0.3) is 5.91 Å². The molecule has 2 unspecified atom stereocenters. The van der Waals surface area contributed by atoms with Gasteiger partial charge in [-0.25, -0.2) is 0 Å². The van der Waals surface area contributed by atoms with E-state index < -0.39 is 0 Å². The fourth-order valence-corrected chi connectivity index (χ4v) is 3.54. The number of halogens is 2. The van der Waals surface area contributed by atoms with E-state index in [2.05, 4.69) is 44.1 Å². The van der Waals surface area contributed by atoms with Crippen LogP contribution in [0.3, 0.4) is 0 Å². The van der Waals surface area contributed by atoms with E-state index in [1.807, 2.05) is 18.2 Å². The monoisotopic (exact) mass is 387 g/mol. The van der Waals surface area contributed by atoms with E-state index in [0.717, 1.165) is 21.4 Å². The third-order valence-corrected chi connectivity index (χ3v) is 4.95. The van der Waals surface area contributed by atoms with E-state index in [4.69, 9.17) is 0 Å². The number of nitrogens with one attached hydrogen (secondary N) is 1. The van der Waals surface area contributed by atoms with Crippen LogP contribution in [0.4, 0.5) is 0 Å². The van der Waals surface area contributed by atoms with Crippen molar-refractivity contribution < 1.29 is 4.79 Å². The molecule has 1 fully saturated rings. The maximum Gasteiger partial charge on any atom is 0.252 e. The molecule has 1 saturated carbocycles. The van der Waals surface area contributed by atoms with Crippen LogP contribution < -0.4 is 5.32 Å². The molecule has 1 aromatic carbocycles. The number of rotatable bonds is 3. The van der Waals surface area contributed by atoms with Gasteiger partial charge in [-0.1, -0.05) is 35.7 Å². The molecule has 0 spiro atoms. The predicted molar refractivity (Wildman–Crippen MR) is 85.3 cm³/mol. The van der Waals surface area contributed by atoms with Crippen LogP contribution >= 0.6 is 31.9 Å². The van der Waals surface area contributed by atoms with Crippen LogP contribution in [0.15, 0.2) is 27.1 Å². The molecule has 1 N–H and O–H groups in total. The molecule has 0 heterocycles. The van der Waals surface area contributed by atoms with Gasteiger partial charge in [-0.2, -0.15) is 0 Å². The molecule has 19 heavy (non-hydrogen) atoms. The summed E-state index contributed by atoms with van der Waals surface area (Å²) in [4.78, 5) is 12.2. The maximum absolute atomic E-state index is 12.2. The summed E-state index contributed by atoms with van der Waals surface area (Å²) in [5.74, 6) is 1.44. The number of amides is 1. The molecule has 2 nitrogen and oxygen atoms in total. The maximum atomic E-state index is 12.2. The summed E-state index contributed by atoms with van der Waals surface area (Å²) in [5, 5.41) is 3.07. The summed E-state index contributed by atoms with van der Waals surface area (Å²) in [5.41, 5.74) is 0.693. The molecule has 1 aliphatic carbocycles. The molecule has 104 valence electrons. The molecule has 0 aromatic heterocycles. The zero-order valence-corrected chi connectivity index (χ0v) is 14.3. The van der Waals surface area contributed by atoms with Crippen LogP contribution in [0.2, 0.25) is 0 Å². The molecular formula is C15H19Br2NO. The minimum atomic E-state index is 0.00593. The van der Waals surface area contributed by atoms with Crippen molar-refractivity contribution in [3.63, 3.8) is 0 Å². The normalized spacial score (nSPS) is 23.1. The number of hydrogen-bond acceptors (Lipinski definition) is 1. The van der Waals surface area contributed by atoms with Gasteiger partial charge in [0.1, 0.15) is 0 Å². The Bertz CT molecular complexity index is 461. The van der Waals surface area contributed by atoms with E-state index in [1.165, 1.54) is 25.7 Å². The summed E-state index contributed by atoms with van der Waals surface area (Å²) in [6, 6.07) is 5.66. The highest BCUT2D eigenvalue weighted by molar-refractivity contribution is 9.11. The van der Waals surface area contributed by atoms with E-state index >= 15 is 0 Å². The first-order valence-corrected chi connectivity index (χ1v) is 8.38. The molecule has 4 heteroatoms. The van der Waals surface area contributed by atoms with Gasteiger partial charge >= 0.3 is 0 Å². The Morgan fingerprint density at radius 2 is 2.16 bits per heavy atom. The highest BCUT2D eigenvalue weighted by Crippen LogP contribution is 2.28. The summed E-state index contributed by atoms with van der Waals surface area (Å²) in [6.45, 7) is 3.10. The third-order valence-electron chi connectivity index (χ3n) is 3.77. The average Bonchev–Trinajstić information content (AvgIpc) is 2.39. The minimum absolute atomic E-state index is 0.00593. The van der Waals surface area contributed by atoms with E-state index in [1.54, 1.807) is 0 Å². The van der Waals surface area contributed by atoms with Crippen LogP contribution in [0, 0.1) is 11.8 Å². The fraction of sp³-hybridized carbons (Fsp3) is 0.533. The third kappa shape index (κ3) is 4.32. The molecule has 0 bridgehead atoms. The van der Waals surface area contributed by atoms with Crippen molar-refractivity contribution in [3.8, 4) is 0 Å². The summed E-state index contributed by atoms with van der Waals surface area (Å²) < 4.78 is 1.76. The number of benzene rings is 1. The second kappa shape index (κ2) is 6.89. The van der Waals surface area contributed by atoms with Crippen LogP contribution in [0.5, 0.6) is 0 Å². The Labute approximate surface area is 131 Å². The number of carbonyl (C=O) groups is 1. The molecule has 2 rings (SSSR count). The smallest absolute Gasteiger partial charge is 0.252 e. The largest absolute Gasteiger partial charge is 0.352 e. The molecule has 0 aliphatic heterocycles. The minimum Gasteiger partial charge on any atom is -0.352 e. The summed E-state index contributed by atoms with van der Waals surface area (Å²) >= 11 is 6.82. The average molecular weight is 389 g/mol. The van der Waals surface area contributed by atoms with Crippen molar-refractivity contribution in [1.82, 2.24) is 5.32 Å². The van der Waals surface area contributed by atoms with Crippen LogP contribution in [0.25, 0.3) is 0 Å². The van der Waals surface area contributed by atoms with Crippen molar-refractivity contribution >= 4 is 37.8 Å². The van der Waals surface area contributed by atoms with Crippen molar-refractivity contribution in [2.24, 2.45) is 11.8 Å². The zero-order chi connectivity index (χ0) is 13.8. The Balaban J connectivity index is 1.92. The van der Waals surface area contributed by atoms with Gasteiger partial charge in [0, 0.05) is 15.5 Å². The Morgan fingerprint density at radius 1 is 1.37 bits per heavy atom. The molecule has 2 atom stereocenters. The van der Waals surface area contributed by atoms with Crippen LogP contribution in [0.1, 0.15) is 43.0 Å². The zero-order valence-electron chi connectivity index (χ0n) is 11.1. The van der Waals surface area contributed by atoms with E-state index in [0.29, 0.717) is 11.5 Å². The van der Waals surface area contributed by atoms with Gasteiger partial charge in [-0.05, 0) is 58.8 Å². The second-order valence-electron chi connectivity index (χ2n) is 5.47. The summed E-state index contributed by atoms with van der Waals surface area (Å²) in [6.07, 6.45) is 5.11. The lowest BCUT2D eigenvalue weighted by Gasteiger charge is -2.26. The molecular weight excluding hydrogens is 370 g/mol. The Morgan fingerprint density at radius 3 is 2.89 bits per heavy atom. The fourth-order valence-electron chi connectivity index (χ4n) is 2.75. The van der Waals surface area contributed by atoms with Gasteiger partial charge in [0.05, 0.1) is 5.56 Å². The Kier molecular flexibility index (Phi) is 5.46. The lowest BCUT2D eigenvalue weighted by atomic mass is 9.82. The van der Waals surface area contributed by atoms with Crippen LogP contribution in [-0.2, 0) is 0 Å². The van der Waals surface area contributed by atoms with Gasteiger partial charge in [0.2, 0.25) is 0 Å². The second-order valence-corrected chi connectivity index (χ2v) is 7.24. The van der Waals surface area contributed by atoms with E-state index in [9.17, 15) is 4.79 Å². The van der Waals surface area contributed by atoms with E-state index in [-0.39, 0.29) is 5.91 Å². The van der Waals surface area contributed by atoms with Gasteiger partial charge in [-0.15, -0.1) is 0 Å². The number of hydrogen-bond donors (Lipinski definition) is 1. The van der Waals surface area contributed by atoms with Crippen molar-refractivity contribution in [3.05, 3.63) is 32.7 Å². The SMILES string of the molecule is CC1CCCC(CNC(=O)c2cc(Br)ccc2Br)C1. The number of carbonyl (C=O) groups excluding carboxylic acids is 1. The highest BCUT2D eigenvalue weighted by atomic mass is 79.9. The topological polar surface area (TPSA) is 29.1 Å². The molecule has 1 amide bonds. The molecule has 0 saturated heterocycles. The van der Waals surface area contributed by atoms with Gasteiger partial charge in [0.15, 0.2) is 0 Å². The van der Waals surface area contributed by atoms with Crippen LogP contribution in [-0.4, -0.2) is 12.5 Å². The highest BCUT2D eigenvalue weighted by Gasteiger charge is 2.20. The lowest BCUT2D eigenvalue weighted by Crippen LogP contribution is -2.31. The van der Waals surface area contributed by atoms with Crippen molar-refractivity contribution in [2.45, 2.75) is 32.6 Å². The van der Waals surface area contributed by atoms with Crippen molar-refractivity contribution in [2.75, 3.05) is 6.54 Å². The van der Waals surface area contributed by atoms with Gasteiger partial charge in [-0.3, -0.25) is 4.79 Å². The quantitative estimate of drug-likeness (QED) is 0.793. The first-order chi connectivity index (χ1) is 9.06.